The van der Waals surface area contributed by atoms with Gasteiger partial charge in [-0.05, 0) is 45.2 Å². The van der Waals surface area contributed by atoms with Crippen LogP contribution in [0, 0.1) is 5.92 Å². The molecule has 0 saturated carbocycles. The zero-order valence-electron chi connectivity index (χ0n) is 13.2. The molecule has 0 radical (unpaired) electrons. The Hall–Kier alpha value is -1.63. The minimum Gasteiger partial charge on any atom is -0.444 e. The van der Waals surface area contributed by atoms with Crippen molar-refractivity contribution in [3.63, 3.8) is 0 Å². The molecular formula is C15H22N2O4S. The van der Waals surface area contributed by atoms with Crippen molar-refractivity contribution in [2.45, 2.75) is 37.7 Å². The molecule has 0 bridgehead atoms. The first kappa shape index (κ1) is 16.7. The van der Waals surface area contributed by atoms with E-state index in [0.717, 1.165) is 0 Å². The standard InChI is InChI=1S/C15H22N2O4S/c1-15(2,3)21-14(18)17-9-6-12(10-17)11-22(19,20)13-4-7-16-8-5-13/h4-5,7-8,12H,6,9-11H2,1-3H3/t12-/m1/s1. The molecule has 2 heterocycles. The quantitative estimate of drug-likeness (QED) is 0.850. The summed E-state index contributed by atoms with van der Waals surface area (Å²) in [6.45, 7) is 6.38. The molecule has 122 valence electrons. The van der Waals surface area contributed by atoms with Crippen LogP contribution in [0.4, 0.5) is 4.79 Å². The number of nitrogens with zero attached hydrogens (tertiary/aromatic N) is 2. The number of carbonyl (C=O) groups excluding carboxylic acids is 1. The molecule has 1 fully saturated rings. The first-order valence-electron chi connectivity index (χ1n) is 7.28. The van der Waals surface area contributed by atoms with E-state index < -0.39 is 15.4 Å². The molecule has 1 aliphatic heterocycles. The molecule has 1 amide bonds. The van der Waals surface area contributed by atoms with Gasteiger partial charge in [0.25, 0.3) is 0 Å². The van der Waals surface area contributed by atoms with Gasteiger partial charge in [-0.15, -0.1) is 0 Å². The van der Waals surface area contributed by atoms with Crippen molar-refractivity contribution in [1.29, 1.82) is 0 Å². The first-order valence-corrected chi connectivity index (χ1v) is 8.93. The summed E-state index contributed by atoms with van der Waals surface area (Å²) < 4.78 is 30.0. The van der Waals surface area contributed by atoms with E-state index in [4.69, 9.17) is 4.74 Å². The third-order valence-corrected chi connectivity index (χ3v) is 5.30. The number of hydrogen-bond donors (Lipinski definition) is 0. The van der Waals surface area contributed by atoms with E-state index in [-0.39, 0.29) is 22.7 Å². The predicted octanol–water partition coefficient (Wildman–Crippen LogP) is 2.11. The van der Waals surface area contributed by atoms with Gasteiger partial charge in [-0.1, -0.05) is 0 Å². The lowest BCUT2D eigenvalue weighted by Crippen LogP contribution is -2.35. The van der Waals surface area contributed by atoms with Crippen LogP contribution in [0.3, 0.4) is 0 Å². The normalized spacial score (nSPS) is 19.2. The highest BCUT2D eigenvalue weighted by Gasteiger charge is 2.32. The molecule has 0 N–H and O–H groups in total. The van der Waals surface area contributed by atoms with Crippen molar-refractivity contribution < 1.29 is 17.9 Å². The second-order valence-electron chi connectivity index (χ2n) is 6.55. The van der Waals surface area contributed by atoms with Crippen molar-refractivity contribution in [1.82, 2.24) is 9.88 Å². The summed E-state index contributed by atoms with van der Waals surface area (Å²) in [6, 6.07) is 2.99. The van der Waals surface area contributed by atoms with Crippen LogP contribution < -0.4 is 0 Å². The van der Waals surface area contributed by atoms with E-state index in [9.17, 15) is 13.2 Å². The zero-order valence-corrected chi connectivity index (χ0v) is 14.0. The van der Waals surface area contributed by atoms with Gasteiger partial charge < -0.3 is 9.64 Å². The van der Waals surface area contributed by atoms with Crippen molar-refractivity contribution in [3.8, 4) is 0 Å². The Morgan fingerprint density at radius 2 is 2.00 bits per heavy atom. The largest absolute Gasteiger partial charge is 0.444 e. The summed E-state index contributed by atoms with van der Waals surface area (Å²) in [5.74, 6) is -0.0262. The van der Waals surface area contributed by atoms with Gasteiger partial charge in [-0.2, -0.15) is 0 Å². The second-order valence-corrected chi connectivity index (χ2v) is 8.58. The average molecular weight is 326 g/mol. The Morgan fingerprint density at radius 3 is 2.59 bits per heavy atom. The number of sulfone groups is 1. The van der Waals surface area contributed by atoms with Crippen LogP contribution in [0.15, 0.2) is 29.4 Å². The number of likely N-dealkylation sites (tertiary alicyclic amines) is 1. The van der Waals surface area contributed by atoms with Gasteiger partial charge in [0, 0.05) is 25.5 Å². The molecule has 22 heavy (non-hydrogen) atoms. The van der Waals surface area contributed by atoms with Crippen LogP contribution in [-0.2, 0) is 14.6 Å². The highest BCUT2D eigenvalue weighted by Crippen LogP contribution is 2.23. The van der Waals surface area contributed by atoms with Crippen LogP contribution in [0.25, 0.3) is 0 Å². The van der Waals surface area contributed by atoms with Crippen LogP contribution in [0.1, 0.15) is 27.2 Å². The van der Waals surface area contributed by atoms with Crippen molar-refractivity contribution in [3.05, 3.63) is 24.5 Å². The molecule has 0 aliphatic carbocycles. The van der Waals surface area contributed by atoms with Crippen molar-refractivity contribution in [2.24, 2.45) is 5.92 Å². The number of ether oxygens (including phenoxy) is 1. The Morgan fingerprint density at radius 1 is 1.36 bits per heavy atom. The van der Waals surface area contributed by atoms with E-state index in [1.165, 1.54) is 24.5 Å². The van der Waals surface area contributed by atoms with Gasteiger partial charge in [0.15, 0.2) is 9.84 Å². The predicted molar refractivity (Wildman–Crippen MR) is 82.2 cm³/mol. The Labute approximate surface area is 131 Å². The molecule has 1 saturated heterocycles. The number of carbonyl (C=O) groups is 1. The molecule has 2 rings (SSSR count). The molecule has 0 spiro atoms. The lowest BCUT2D eigenvalue weighted by molar-refractivity contribution is 0.0289. The van der Waals surface area contributed by atoms with Gasteiger partial charge in [-0.25, -0.2) is 13.2 Å². The fraction of sp³-hybridized carbons (Fsp3) is 0.600. The minimum atomic E-state index is -3.35. The first-order chi connectivity index (χ1) is 10.2. The summed E-state index contributed by atoms with van der Waals surface area (Å²) >= 11 is 0. The Bertz CT molecular complexity index is 623. The molecule has 1 aromatic rings. The highest BCUT2D eigenvalue weighted by molar-refractivity contribution is 7.91. The third kappa shape index (κ3) is 4.43. The Kier molecular flexibility index (Phi) is 4.75. The molecule has 0 aromatic carbocycles. The molecule has 1 aliphatic rings. The topological polar surface area (TPSA) is 76.6 Å². The smallest absolute Gasteiger partial charge is 0.410 e. The summed E-state index contributed by atoms with van der Waals surface area (Å²) in [6.07, 6.45) is 3.23. The van der Waals surface area contributed by atoms with Crippen LogP contribution in [0.5, 0.6) is 0 Å². The third-order valence-electron chi connectivity index (χ3n) is 3.40. The lowest BCUT2D eigenvalue weighted by Gasteiger charge is -2.24. The lowest BCUT2D eigenvalue weighted by atomic mass is 10.2. The van der Waals surface area contributed by atoms with Gasteiger partial charge in [0.2, 0.25) is 0 Å². The molecule has 0 unspecified atom stereocenters. The maximum atomic E-state index is 12.3. The summed E-state index contributed by atoms with van der Waals surface area (Å²) in [4.78, 5) is 17.7. The van der Waals surface area contributed by atoms with Crippen molar-refractivity contribution >= 4 is 15.9 Å². The number of hydrogen-bond acceptors (Lipinski definition) is 5. The highest BCUT2D eigenvalue weighted by atomic mass is 32.2. The van der Waals surface area contributed by atoms with Gasteiger partial charge in [0.05, 0.1) is 10.6 Å². The van der Waals surface area contributed by atoms with E-state index >= 15 is 0 Å². The summed E-state index contributed by atoms with van der Waals surface area (Å²) in [5, 5.41) is 0. The minimum absolute atomic E-state index is 0.0380. The number of amides is 1. The maximum absolute atomic E-state index is 12.3. The van der Waals surface area contributed by atoms with Crippen LogP contribution in [0.2, 0.25) is 0 Å². The number of aromatic nitrogens is 1. The van der Waals surface area contributed by atoms with Gasteiger partial charge in [0.1, 0.15) is 5.60 Å². The molecular weight excluding hydrogens is 304 g/mol. The molecule has 6 nitrogen and oxygen atoms in total. The molecule has 7 heteroatoms. The van der Waals surface area contributed by atoms with Gasteiger partial charge >= 0.3 is 6.09 Å². The van der Waals surface area contributed by atoms with E-state index in [1.54, 1.807) is 4.90 Å². The van der Waals surface area contributed by atoms with Crippen LogP contribution >= 0.6 is 0 Å². The summed E-state index contributed by atoms with van der Waals surface area (Å²) in [5.41, 5.74) is -0.543. The number of pyridine rings is 1. The van der Waals surface area contributed by atoms with E-state index in [0.29, 0.717) is 19.5 Å². The van der Waals surface area contributed by atoms with Gasteiger partial charge in [-0.3, -0.25) is 4.98 Å². The van der Waals surface area contributed by atoms with E-state index in [1.807, 2.05) is 20.8 Å². The SMILES string of the molecule is CC(C)(C)OC(=O)N1CC[C@@H](CS(=O)(=O)c2ccncc2)C1. The molecule has 1 atom stereocenters. The average Bonchev–Trinajstić information content (AvgIpc) is 2.86. The fourth-order valence-electron chi connectivity index (χ4n) is 2.41. The number of rotatable bonds is 3. The molecule has 1 aromatic heterocycles. The second kappa shape index (κ2) is 6.24. The zero-order chi connectivity index (χ0) is 16.4. The summed E-state index contributed by atoms with van der Waals surface area (Å²) in [7, 11) is -3.35. The Balaban J connectivity index is 1.95. The van der Waals surface area contributed by atoms with Crippen LogP contribution in [-0.4, -0.2) is 48.8 Å². The maximum Gasteiger partial charge on any atom is 0.410 e. The van der Waals surface area contributed by atoms with E-state index in [2.05, 4.69) is 4.98 Å². The fourth-order valence-corrected chi connectivity index (χ4v) is 4.03. The monoisotopic (exact) mass is 326 g/mol. The van der Waals surface area contributed by atoms with Crippen molar-refractivity contribution in [2.75, 3.05) is 18.8 Å².